The normalized spacial score (nSPS) is 22.3. The lowest BCUT2D eigenvalue weighted by Crippen LogP contribution is -2.36. The van der Waals surface area contributed by atoms with Crippen molar-refractivity contribution in [1.82, 2.24) is 10.2 Å². The lowest BCUT2D eigenvalue weighted by molar-refractivity contribution is -0.123. The molecule has 1 unspecified atom stereocenters. The number of hydrogen-bond acceptors (Lipinski definition) is 6. The molecule has 1 amide bonds. The number of carbonyl (C=O) groups excluding carboxylic acids is 1. The van der Waals surface area contributed by atoms with Gasteiger partial charge in [-0.15, -0.1) is 0 Å². The SMILES string of the molecule is CC(=NOCCN1CCC2(CC1)CC2)c1ccc(OCC(=O)NCC2C=COCC2)cc1. The van der Waals surface area contributed by atoms with Crippen LogP contribution in [0, 0.1) is 11.3 Å². The average molecular weight is 442 g/mol. The van der Waals surface area contributed by atoms with Gasteiger partial charge in [0.15, 0.2) is 6.61 Å². The number of benzene rings is 1. The van der Waals surface area contributed by atoms with E-state index in [9.17, 15) is 4.79 Å². The van der Waals surface area contributed by atoms with Gasteiger partial charge in [0.2, 0.25) is 0 Å². The Morgan fingerprint density at radius 3 is 2.69 bits per heavy atom. The maximum Gasteiger partial charge on any atom is 0.257 e. The molecule has 1 saturated heterocycles. The summed E-state index contributed by atoms with van der Waals surface area (Å²) in [5.41, 5.74) is 2.52. The largest absolute Gasteiger partial charge is 0.501 e. The van der Waals surface area contributed by atoms with Gasteiger partial charge in [-0.25, -0.2) is 0 Å². The average Bonchev–Trinajstić information content (AvgIpc) is 3.60. The number of nitrogens with one attached hydrogen (secondary N) is 1. The fourth-order valence-electron chi connectivity index (χ4n) is 4.25. The van der Waals surface area contributed by atoms with E-state index in [1.54, 1.807) is 6.26 Å². The Balaban J connectivity index is 1.12. The van der Waals surface area contributed by atoms with Gasteiger partial charge in [0.05, 0.1) is 18.6 Å². The van der Waals surface area contributed by atoms with E-state index in [1.165, 1.54) is 38.8 Å². The van der Waals surface area contributed by atoms with Gasteiger partial charge in [0.25, 0.3) is 5.91 Å². The van der Waals surface area contributed by atoms with Crippen molar-refractivity contribution in [3.8, 4) is 5.75 Å². The Morgan fingerprint density at radius 1 is 1.22 bits per heavy atom. The Bertz CT molecular complexity index is 807. The highest BCUT2D eigenvalue weighted by Crippen LogP contribution is 2.53. The van der Waals surface area contributed by atoms with E-state index < -0.39 is 0 Å². The van der Waals surface area contributed by atoms with E-state index in [0.717, 1.165) is 24.2 Å². The van der Waals surface area contributed by atoms with Gasteiger partial charge >= 0.3 is 0 Å². The lowest BCUT2D eigenvalue weighted by Gasteiger charge is -2.31. The van der Waals surface area contributed by atoms with Crippen LogP contribution in [-0.2, 0) is 14.4 Å². The zero-order chi connectivity index (χ0) is 22.2. The summed E-state index contributed by atoms with van der Waals surface area (Å²) in [4.78, 5) is 20.0. The summed E-state index contributed by atoms with van der Waals surface area (Å²) in [7, 11) is 0. The molecular formula is C25H35N3O4. The molecule has 3 aliphatic rings. The number of likely N-dealkylation sites (tertiary alicyclic amines) is 1. The van der Waals surface area contributed by atoms with Gasteiger partial charge in [-0.1, -0.05) is 5.16 Å². The molecule has 2 fully saturated rings. The molecule has 1 aromatic carbocycles. The number of rotatable bonds is 10. The highest BCUT2D eigenvalue weighted by Gasteiger charge is 2.44. The zero-order valence-electron chi connectivity index (χ0n) is 19.1. The molecule has 0 bridgehead atoms. The first kappa shape index (κ1) is 22.6. The van der Waals surface area contributed by atoms with Gasteiger partial charge < -0.3 is 19.6 Å². The Labute approximate surface area is 190 Å². The van der Waals surface area contributed by atoms with Crippen molar-refractivity contribution in [2.24, 2.45) is 16.5 Å². The quantitative estimate of drug-likeness (QED) is 0.343. The molecule has 1 aromatic rings. The van der Waals surface area contributed by atoms with Crippen LogP contribution in [0.1, 0.15) is 44.6 Å². The fourth-order valence-corrected chi connectivity index (χ4v) is 4.25. The first-order chi connectivity index (χ1) is 15.6. The summed E-state index contributed by atoms with van der Waals surface area (Å²) >= 11 is 0. The number of carbonyl (C=O) groups is 1. The van der Waals surface area contributed by atoms with E-state index in [0.29, 0.717) is 36.8 Å². The van der Waals surface area contributed by atoms with Crippen LogP contribution in [-0.4, -0.2) is 62.5 Å². The van der Waals surface area contributed by atoms with E-state index in [1.807, 2.05) is 37.3 Å². The van der Waals surface area contributed by atoms with Gasteiger partial charge in [-0.05, 0) is 93.4 Å². The lowest BCUT2D eigenvalue weighted by atomic mass is 9.94. The third-order valence-electron chi connectivity index (χ3n) is 6.83. The number of nitrogens with zero attached hydrogens (tertiary/aromatic N) is 2. The van der Waals surface area contributed by atoms with Crippen LogP contribution < -0.4 is 10.1 Å². The predicted molar refractivity (Wildman–Crippen MR) is 124 cm³/mol. The summed E-state index contributed by atoms with van der Waals surface area (Å²) in [5, 5.41) is 7.16. The van der Waals surface area contributed by atoms with Gasteiger partial charge in [-0.2, -0.15) is 0 Å². The standard InChI is InChI=1S/C25H35N3O4/c1-20(27-32-17-14-28-12-10-25(8-9-25)11-13-28)22-2-4-23(5-3-22)31-19-24(29)26-18-21-6-15-30-16-7-21/h2-6,15,21H,7-14,16-19H2,1H3,(H,26,29). The Hall–Kier alpha value is -2.54. The van der Waals surface area contributed by atoms with Crippen LogP contribution in [0.2, 0.25) is 0 Å². The molecule has 32 heavy (non-hydrogen) atoms. The molecule has 1 atom stereocenters. The second-order valence-electron chi connectivity index (χ2n) is 9.22. The molecule has 7 nitrogen and oxygen atoms in total. The number of oxime groups is 1. The van der Waals surface area contributed by atoms with Crippen molar-refractivity contribution in [1.29, 1.82) is 0 Å². The topological polar surface area (TPSA) is 72.4 Å². The van der Waals surface area contributed by atoms with E-state index in [2.05, 4.69) is 15.4 Å². The van der Waals surface area contributed by atoms with E-state index in [4.69, 9.17) is 14.3 Å². The molecule has 2 heterocycles. The molecular weight excluding hydrogens is 406 g/mol. The van der Waals surface area contributed by atoms with Crippen LogP contribution >= 0.6 is 0 Å². The van der Waals surface area contributed by atoms with Crippen LogP contribution in [0.3, 0.4) is 0 Å². The van der Waals surface area contributed by atoms with E-state index in [-0.39, 0.29) is 12.5 Å². The van der Waals surface area contributed by atoms with Crippen molar-refractivity contribution < 1.29 is 19.1 Å². The van der Waals surface area contributed by atoms with Gasteiger partial charge in [0.1, 0.15) is 12.4 Å². The summed E-state index contributed by atoms with van der Waals surface area (Å²) in [6.45, 7) is 7.18. The summed E-state index contributed by atoms with van der Waals surface area (Å²) in [6.07, 6.45) is 10.2. The minimum absolute atomic E-state index is 0.0000828. The summed E-state index contributed by atoms with van der Waals surface area (Å²) < 4.78 is 10.8. The molecule has 7 heteroatoms. The fraction of sp³-hybridized carbons (Fsp3) is 0.600. The van der Waals surface area contributed by atoms with Crippen LogP contribution in [0.25, 0.3) is 0 Å². The smallest absolute Gasteiger partial charge is 0.257 e. The monoisotopic (exact) mass is 441 g/mol. The Kier molecular flexibility index (Phi) is 7.68. The number of amides is 1. The zero-order valence-corrected chi connectivity index (χ0v) is 19.1. The second-order valence-corrected chi connectivity index (χ2v) is 9.22. The van der Waals surface area contributed by atoms with Crippen LogP contribution in [0.5, 0.6) is 5.75 Å². The van der Waals surface area contributed by atoms with Crippen molar-refractivity contribution in [3.63, 3.8) is 0 Å². The van der Waals surface area contributed by atoms with Crippen LogP contribution in [0.15, 0.2) is 41.8 Å². The highest BCUT2D eigenvalue weighted by atomic mass is 16.6. The maximum atomic E-state index is 12.0. The third-order valence-corrected chi connectivity index (χ3v) is 6.83. The third kappa shape index (κ3) is 6.73. The second kappa shape index (κ2) is 10.9. The molecule has 4 rings (SSSR count). The summed E-state index contributed by atoms with van der Waals surface area (Å²) in [5.74, 6) is 0.856. The number of hydrogen-bond donors (Lipinski definition) is 1. The maximum absolute atomic E-state index is 12.0. The van der Waals surface area contributed by atoms with Crippen LogP contribution in [0.4, 0.5) is 0 Å². The molecule has 0 radical (unpaired) electrons. The Morgan fingerprint density at radius 2 is 2.00 bits per heavy atom. The number of piperidine rings is 1. The van der Waals surface area contributed by atoms with E-state index >= 15 is 0 Å². The predicted octanol–water partition coefficient (Wildman–Crippen LogP) is 3.35. The van der Waals surface area contributed by atoms with Gasteiger partial charge in [0, 0.05) is 19.0 Å². The first-order valence-electron chi connectivity index (χ1n) is 11.8. The molecule has 1 saturated carbocycles. The molecule has 0 aromatic heterocycles. The molecule has 1 N–H and O–H groups in total. The molecule has 1 aliphatic carbocycles. The molecule has 1 spiro atoms. The minimum Gasteiger partial charge on any atom is -0.501 e. The number of ether oxygens (including phenoxy) is 2. The highest BCUT2D eigenvalue weighted by molar-refractivity contribution is 5.98. The van der Waals surface area contributed by atoms with Crippen molar-refractivity contribution in [2.45, 2.75) is 39.0 Å². The summed E-state index contributed by atoms with van der Waals surface area (Å²) in [6, 6.07) is 7.57. The van der Waals surface area contributed by atoms with Crippen molar-refractivity contribution in [3.05, 3.63) is 42.2 Å². The molecule has 2 aliphatic heterocycles. The van der Waals surface area contributed by atoms with Crippen molar-refractivity contribution in [2.75, 3.05) is 46.0 Å². The van der Waals surface area contributed by atoms with Gasteiger partial charge in [-0.3, -0.25) is 9.69 Å². The first-order valence-corrected chi connectivity index (χ1v) is 11.8. The molecule has 174 valence electrons. The van der Waals surface area contributed by atoms with Crippen molar-refractivity contribution >= 4 is 11.6 Å². The minimum atomic E-state index is -0.124.